The van der Waals surface area contributed by atoms with Gasteiger partial charge in [-0.2, -0.15) is 13.2 Å². The van der Waals surface area contributed by atoms with Crippen molar-refractivity contribution in [2.24, 2.45) is 0 Å². The molecule has 2 aromatic rings. The topological polar surface area (TPSA) is 86.9 Å². The van der Waals surface area contributed by atoms with Crippen molar-refractivity contribution in [2.75, 3.05) is 10.6 Å². The highest BCUT2D eigenvalue weighted by molar-refractivity contribution is 5.99. The van der Waals surface area contributed by atoms with Crippen LogP contribution in [0.15, 0.2) is 29.2 Å². The van der Waals surface area contributed by atoms with Crippen LogP contribution >= 0.6 is 0 Å². The van der Waals surface area contributed by atoms with Crippen molar-refractivity contribution in [3.63, 3.8) is 0 Å². The monoisotopic (exact) mass is 310 g/mol. The molecule has 1 amide bonds. The zero-order chi connectivity index (χ0) is 15.9. The molecule has 0 atom stereocenters. The van der Waals surface area contributed by atoms with E-state index >= 15 is 0 Å². The molecule has 2 heterocycles. The van der Waals surface area contributed by atoms with Gasteiger partial charge in [-0.25, -0.2) is 4.98 Å². The van der Waals surface area contributed by atoms with Gasteiger partial charge in [-0.15, -0.1) is 0 Å². The van der Waals surface area contributed by atoms with Crippen LogP contribution in [0.5, 0.6) is 0 Å². The number of benzene rings is 1. The minimum atomic E-state index is -4.75. The summed E-state index contributed by atoms with van der Waals surface area (Å²) in [6, 6.07) is 4.93. The number of amides is 1. The number of aromatic amines is 1. The molecule has 0 bridgehead atoms. The number of rotatable bonds is 2. The summed E-state index contributed by atoms with van der Waals surface area (Å²) in [7, 11) is 0. The number of alkyl halides is 3. The summed E-state index contributed by atoms with van der Waals surface area (Å²) in [5.74, 6) is -0.247. The van der Waals surface area contributed by atoms with E-state index in [0.717, 1.165) is 5.56 Å². The number of halogens is 3. The quantitative estimate of drug-likeness (QED) is 0.792. The summed E-state index contributed by atoms with van der Waals surface area (Å²) in [5.41, 5.74) is -0.698. The highest BCUT2D eigenvalue weighted by Crippen LogP contribution is 2.28. The Labute approximate surface area is 121 Å². The van der Waals surface area contributed by atoms with Gasteiger partial charge >= 0.3 is 6.18 Å². The fourth-order valence-electron chi connectivity index (χ4n) is 2.10. The van der Waals surface area contributed by atoms with Crippen LogP contribution in [-0.2, 0) is 17.4 Å². The molecule has 0 fully saturated rings. The van der Waals surface area contributed by atoms with Crippen molar-refractivity contribution in [1.29, 1.82) is 0 Å². The van der Waals surface area contributed by atoms with E-state index in [-0.39, 0.29) is 18.3 Å². The molecule has 1 aliphatic rings. The highest BCUT2D eigenvalue weighted by atomic mass is 19.4. The van der Waals surface area contributed by atoms with Crippen LogP contribution in [0.25, 0.3) is 0 Å². The first-order valence-corrected chi connectivity index (χ1v) is 6.19. The Kier molecular flexibility index (Phi) is 3.12. The molecular weight excluding hydrogens is 301 g/mol. The number of anilines is 3. The second-order valence-corrected chi connectivity index (χ2v) is 4.69. The molecule has 3 rings (SSSR count). The third-order valence-electron chi connectivity index (χ3n) is 3.10. The van der Waals surface area contributed by atoms with Crippen molar-refractivity contribution in [3.8, 4) is 0 Å². The molecule has 0 unspecified atom stereocenters. The van der Waals surface area contributed by atoms with Gasteiger partial charge in [0.15, 0.2) is 0 Å². The Hall–Kier alpha value is -2.84. The predicted octanol–water partition coefficient (Wildman–Crippen LogP) is 2.03. The molecule has 3 N–H and O–H groups in total. The second-order valence-electron chi connectivity index (χ2n) is 4.69. The van der Waals surface area contributed by atoms with Crippen LogP contribution in [0.3, 0.4) is 0 Å². The van der Waals surface area contributed by atoms with Crippen molar-refractivity contribution >= 4 is 23.2 Å². The number of H-pyrrole nitrogens is 1. The number of fused-ring (bicyclic) bond motifs is 1. The highest BCUT2D eigenvalue weighted by Gasteiger charge is 2.34. The fourth-order valence-corrected chi connectivity index (χ4v) is 2.10. The molecule has 1 aromatic carbocycles. The van der Waals surface area contributed by atoms with Crippen molar-refractivity contribution in [1.82, 2.24) is 9.97 Å². The SMILES string of the molecule is O=C1Cc2cc(Nc3ncc(C(F)(F)F)c(=O)[nH]3)ccc2N1. The molecule has 114 valence electrons. The second kappa shape index (κ2) is 4.86. The molecule has 0 saturated heterocycles. The summed E-state index contributed by atoms with van der Waals surface area (Å²) in [4.78, 5) is 28.2. The third-order valence-corrected chi connectivity index (χ3v) is 3.10. The summed E-state index contributed by atoms with van der Waals surface area (Å²) in [5, 5.41) is 5.35. The number of aromatic nitrogens is 2. The molecule has 22 heavy (non-hydrogen) atoms. The van der Waals surface area contributed by atoms with E-state index in [1.807, 2.05) is 4.98 Å². The van der Waals surface area contributed by atoms with E-state index in [4.69, 9.17) is 0 Å². The lowest BCUT2D eigenvalue weighted by atomic mass is 10.1. The van der Waals surface area contributed by atoms with Gasteiger partial charge < -0.3 is 10.6 Å². The molecule has 1 aliphatic heterocycles. The Morgan fingerprint density at radius 1 is 1.23 bits per heavy atom. The molecule has 0 aliphatic carbocycles. The molecule has 0 saturated carbocycles. The molecule has 0 spiro atoms. The van der Waals surface area contributed by atoms with Gasteiger partial charge in [-0.05, 0) is 23.8 Å². The predicted molar refractivity (Wildman–Crippen MR) is 71.9 cm³/mol. The number of hydrogen-bond donors (Lipinski definition) is 3. The first-order valence-electron chi connectivity index (χ1n) is 6.19. The maximum absolute atomic E-state index is 12.5. The molecule has 0 radical (unpaired) electrons. The maximum atomic E-state index is 12.5. The van der Waals surface area contributed by atoms with Crippen LogP contribution in [-0.4, -0.2) is 15.9 Å². The lowest BCUT2D eigenvalue weighted by Gasteiger charge is -2.09. The van der Waals surface area contributed by atoms with E-state index in [1.165, 1.54) is 0 Å². The van der Waals surface area contributed by atoms with Gasteiger partial charge in [-0.3, -0.25) is 14.6 Å². The van der Waals surface area contributed by atoms with E-state index in [1.54, 1.807) is 18.2 Å². The number of nitrogens with zero attached hydrogens (tertiary/aromatic N) is 1. The number of nitrogens with one attached hydrogen (secondary N) is 3. The summed E-state index contributed by atoms with van der Waals surface area (Å²) in [6.45, 7) is 0. The maximum Gasteiger partial charge on any atom is 0.423 e. The minimum Gasteiger partial charge on any atom is -0.326 e. The molecule has 9 heteroatoms. The van der Waals surface area contributed by atoms with Crippen molar-refractivity contribution in [3.05, 3.63) is 45.9 Å². The fraction of sp³-hybridized carbons (Fsp3) is 0.154. The largest absolute Gasteiger partial charge is 0.423 e. The smallest absolute Gasteiger partial charge is 0.326 e. The Bertz CT molecular complexity index is 814. The lowest BCUT2D eigenvalue weighted by Crippen LogP contribution is -2.22. The summed E-state index contributed by atoms with van der Waals surface area (Å²) < 4.78 is 37.4. The van der Waals surface area contributed by atoms with Gasteiger partial charge in [0.1, 0.15) is 5.56 Å². The van der Waals surface area contributed by atoms with Crippen LogP contribution < -0.4 is 16.2 Å². The van der Waals surface area contributed by atoms with Crippen LogP contribution in [0.2, 0.25) is 0 Å². The lowest BCUT2D eigenvalue weighted by molar-refractivity contribution is -0.138. The number of carbonyl (C=O) groups excluding carboxylic acids is 1. The molecule has 1 aromatic heterocycles. The Morgan fingerprint density at radius 2 is 2.00 bits per heavy atom. The molecule has 6 nitrogen and oxygen atoms in total. The van der Waals surface area contributed by atoms with E-state index in [0.29, 0.717) is 17.6 Å². The average Bonchev–Trinajstić information content (AvgIpc) is 2.76. The van der Waals surface area contributed by atoms with Crippen LogP contribution in [0.1, 0.15) is 11.1 Å². The Balaban J connectivity index is 1.86. The standard InChI is InChI=1S/C13H9F3N4O2/c14-13(15,16)8-5-17-12(20-11(8)22)18-7-1-2-9-6(3-7)4-10(21)19-9/h1-3,5H,4H2,(H,19,21)(H2,17,18,20,22). The zero-order valence-corrected chi connectivity index (χ0v) is 10.9. The number of carbonyl (C=O) groups is 1. The van der Waals surface area contributed by atoms with Gasteiger partial charge in [0, 0.05) is 17.6 Å². The van der Waals surface area contributed by atoms with E-state index < -0.39 is 17.3 Å². The average molecular weight is 310 g/mol. The van der Waals surface area contributed by atoms with Gasteiger partial charge in [-0.1, -0.05) is 0 Å². The van der Waals surface area contributed by atoms with E-state index in [9.17, 15) is 22.8 Å². The van der Waals surface area contributed by atoms with Crippen molar-refractivity contribution < 1.29 is 18.0 Å². The first kappa shape index (κ1) is 14.1. The van der Waals surface area contributed by atoms with Gasteiger partial charge in [0.2, 0.25) is 11.9 Å². The summed E-state index contributed by atoms with van der Waals surface area (Å²) >= 11 is 0. The van der Waals surface area contributed by atoms with Crippen LogP contribution in [0, 0.1) is 0 Å². The van der Waals surface area contributed by atoms with Crippen LogP contribution in [0.4, 0.5) is 30.5 Å². The zero-order valence-electron chi connectivity index (χ0n) is 10.9. The van der Waals surface area contributed by atoms with Crippen molar-refractivity contribution in [2.45, 2.75) is 12.6 Å². The van der Waals surface area contributed by atoms with Gasteiger partial charge in [0.25, 0.3) is 5.56 Å². The molecular formula is C13H9F3N4O2. The normalized spacial score (nSPS) is 13.7. The van der Waals surface area contributed by atoms with Gasteiger partial charge in [0.05, 0.1) is 6.42 Å². The van der Waals surface area contributed by atoms with E-state index in [2.05, 4.69) is 15.6 Å². The third kappa shape index (κ3) is 2.65. The Morgan fingerprint density at radius 3 is 2.68 bits per heavy atom. The minimum absolute atomic E-state index is 0.116. The summed E-state index contributed by atoms with van der Waals surface area (Å²) in [6.07, 6.45) is -4.06. The number of hydrogen-bond acceptors (Lipinski definition) is 4. The first-order chi connectivity index (χ1) is 10.3.